The van der Waals surface area contributed by atoms with Gasteiger partial charge in [0.05, 0.1) is 5.56 Å². The number of hydroxylamine groups is 1. The first-order chi connectivity index (χ1) is 17.3. The monoisotopic (exact) mass is 517 g/mol. The number of nitrogens with one attached hydrogen (secondary N) is 1. The number of carbonyl (C=O) groups excluding carboxylic acids is 1. The van der Waals surface area contributed by atoms with Crippen LogP contribution in [0, 0.1) is 0 Å². The Hall–Kier alpha value is -3.08. The van der Waals surface area contributed by atoms with Gasteiger partial charge in [0.1, 0.15) is 16.3 Å². The standard InChI is InChI=1S/C26H26F3N3O3S/c27-26(28,29)20-4-6-22(7-5-20)35-21-2-1-3-23(9-8-21)36-25(24(33)31-34)12-16-32(17-13-25)18-19-10-14-30-15-11-19/h1-2,4-11,14-15,34H,3,12-13,16-18H2,(H,31,33). The number of hydrogen-bond acceptors (Lipinski definition) is 6. The predicted octanol–water partition coefficient (Wildman–Crippen LogP) is 5.48. The van der Waals surface area contributed by atoms with Crippen LogP contribution in [0.2, 0.25) is 0 Å². The molecule has 0 radical (unpaired) electrons. The van der Waals surface area contributed by atoms with Crippen LogP contribution in [0.4, 0.5) is 13.2 Å². The first kappa shape index (κ1) is 26.0. The van der Waals surface area contributed by atoms with Gasteiger partial charge in [0, 0.05) is 32.0 Å². The summed E-state index contributed by atoms with van der Waals surface area (Å²) in [6.07, 6.45) is 8.00. The van der Waals surface area contributed by atoms with Crippen molar-refractivity contribution < 1.29 is 27.9 Å². The highest BCUT2D eigenvalue weighted by atomic mass is 32.2. The predicted molar refractivity (Wildman–Crippen MR) is 131 cm³/mol. The number of alkyl halides is 3. The maximum Gasteiger partial charge on any atom is 0.416 e. The van der Waals surface area contributed by atoms with E-state index in [0.29, 0.717) is 43.9 Å². The molecule has 0 spiro atoms. The number of nitrogens with zero attached hydrogens (tertiary/aromatic N) is 2. The lowest BCUT2D eigenvalue weighted by Crippen LogP contribution is -2.51. The van der Waals surface area contributed by atoms with Gasteiger partial charge in [-0.2, -0.15) is 13.2 Å². The fourth-order valence-electron chi connectivity index (χ4n) is 4.13. The fourth-order valence-corrected chi connectivity index (χ4v) is 5.47. The number of ether oxygens (including phenoxy) is 1. The zero-order chi connectivity index (χ0) is 25.6. The molecule has 2 aliphatic rings. The largest absolute Gasteiger partial charge is 0.457 e. The molecular formula is C26H26F3N3O3S. The minimum absolute atomic E-state index is 0.293. The lowest BCUT2D eigenvalue weighted by atomic mass is 9.94. The third-order valence-corrected chi connectivity index (χ3v) is 7.66. The first-order valence-electron chi connectivity index (χ1n) is 11.4. The van der Waals surface area contributed by atoms with Crippen LogP contribution in [0.15, 0.2) is 83.8 Å². The molecule has 10 heteroatoms. The van der Waals surface area contributed by atoms with Crippen LogP contribution < -0.4 is 10.2 Å². The molecule has 1 saturated heterocycles. The van der Waals surface area contributed by atoms with Gasteiger partial charge in [-0.3, -0.25) is 19.9 Å². The highest BCUT2D eigenvalue weighted by molar-refractivity contribution is 8.05. The van der Waals surface area contributed by atoms with E-state index in [1.807, 2.05) is 29.8 Å². The molecule has 190 valence electrons. The second-order valence-corrected chi connectivity index (χ2v) is 10.1. The molecule has 2 aromatic rings. The number of carbonyl (C=O) groups is 1. The third-order valence-electron chi connectivity index (χ3n) is 6.11. The Labute approximate surface area is 211 Å². The van der Waals surface area contributed by atoms with Crippen molar-refractivity contribution >= 4 is 17.7 Å². The molecule has 1 aromatic carbocycles. The van der Waals surface area contributed by atoms with Gasteiger partial charge in [-0.15, -0.1) is 11.8 Å². The van der Waals surface area contributed by atoms with E-state index in [2.05, 4.69) is 9.88 Å². The van der Waals surface area contributed by atoms with Crippen LogP contribution in [0.1, 0.15) is 30.4 Å². The van der Waals surface area contributed by atoms with Crippen LogP contribution in [-0.4, -0.2) is 38.8 Å². The summed E-state index contributed by atoms with van der Waals surface area (Å²) in [5, 5.41) is 9.45. The summed E-state index contributed by atoms with van der Waals surface area (Å²) >= 11 is 1.43. The molecule has 2 heterocycles. The van der Waals surface area contributed by atoms with Crippen LogP contribution in [0.25, 0.3) is 0 Å². The summed E-state index contributed by atoms with van der Waals surface area (Å²) in [6, 6.07) is 8.45. The number of halogens is 3. The number of thioether (sulfide) groups is 1. The lowest BCUT2D eigenvalue weighted by Gasteiger charge is -2.40. The van der Waals surface area contributed by atoms with Crippen molar-refractivity contribution in [1.82, 2.24) is 15.4 Å². The van der Waals surface area contributed by atoms with Gasteiger partial charge in [0.2, 0.25) is 0 Å². The Morgan fingerprint density at radius 1 is 1.11 bits per heavy atom. The number of rotatable bonds is 7. The van der Waals surface area contributed by atoms with Gasteiger partial charge < -0.3 is 4.74 Å². The first-order valence-corrected chi connectivity index (χ1v) is 12.3. The molecule has 1 fully saturated rings. The van der Waals surface area contributed by atoms with Gasteiger partial charge in [-0.25, -0.2) is 5.48 Å². The second kappa shape index (κ2) is 11.3. The number of allylic oxidation sites excluding steroid dienone is 5. The van der Waals surface area contributed by atoms with Gasteiger partial charge >= 0.3 is 6.18 Å². The van der Waals surface area contributed by atoms with Gasteiger partial charge in [-0.05, 0) is 84.4 Å². The second-order valence-electron chi connectivity index (χ2n) is 8.60. The smallest absolute Gasteiger partial charge is 0.416 e. The Morgan fingerprint density at radius 2 is 1.81 bits per heavy atom. The number of pyridine rings is 1. The number of likely N-dealkylation sites (tertiary alicyclic amines) is 1. The Morgan fingerprint density at radius 3 is 2.44 bits per heavy atom. The van der Waals surface area contributed by atoms with Gasteiger partial charge in [0.25, 0.3) is 5.91 Å². The molecule has 36 heavy (non-hydrogen) atoms. The summed E-state index contributed by atoms with van der Waals surface area (Å²) < 4.78 is 43.3. The molecule has 4 rings (SSSR count). The van der Waals surface area contributed by atoms with Gasteiger partial charge in [0.15, 0.2) is 0 Å². The lowest BCUT2D eigenvalue weighted by molar-refractivity contribution is -0.137. The van der Waals surface area contributed by atoms with E-state index < -0.39 is 22.4 Å². The van der Waals surface area contributed by atoms with E-state index in [1.54, 1.807) is 24.5 Å². The van der Waals surface area contributed by atoms with Crippen molar-refractivity contribution in [3.8, 4) is 5.75 Å². The number of amides is 1. The van der Waals surface area contributed by atoms with E-state index in [0.717, 1.165) is 29.1 Å². The summed E-state index contributed by atoms with van der Waals surface area (Å²) in [5.74, 6) is 0.342. The summed E-state index contributed by atoms with van der Waals surface area (Å²) in [6.45, 7) is 2.16. The molecule has 1 aromatic heterocycles. The van der Waals surface area contributed by atoms with Crippen molar-refractivity contribution in [2.45, 2.75) is 36.7 Å². The Balaban J connectivity index is 1.41. The van der Waals surface area contributed by atoms with Crippen molar-refractivity contribution in [3.63, 3.8) is 0 Å². The molecule has 0 bridgehead atoms. The maximum absolute atomic E-state index is 12.8. The number of aromatic nitrogens is 1. The highest BCUT2D eigenvalue weighted by Gasteiger charge is 2.42. The number of hydrogen-bond donors (Lipinski definition) is 2. The van der Waals surface area contributed by atoms with Crippen LogP contribution in [0.5, 0.6) is 5.75 Å². The van der Waals surface area contributed by atoms with Crippen LogP contribution in [-0.2, 0) is 17.5 Å². The summed E-state index contributed by atoms with van der Waals surface area (Å²) in [4.78, 5) is 20.0. The molecule has 6 nitrogen and oxygen atoms in total. The molecule has 1 aliphatic carbocycles. The molecule has 1 amide bonds. The van der Waals surface area contributed by atoms with Gasteiger partial charge in [-0.1, -0.05) is 6.08 Å². The number of piperidine rings is 1. The topological polar surface area (TPSA) is 74.7 Å². The Bertz CT molecular complexity index is 1140. The number of benzene rings is 1. The van der Waals surface area contributed by atoms with E-state index >= 15 is 0 Å². The van der Waals surface area contributed by atoms with Crippen molar-refractivity contribution in [3.05, 3.63) is 94.9 Å². The van der Waals surface area contributed by atoms with Crippen molar-refractivity contribution in [2.24, 2.45) is 0 Å². The van der Waals surface area contributed by atoms with Crippen LogP contribution >= 0.6 is 11.8 Å². The molecule has 2 N–H and O–H groups in total. The maximum atomic E-state index is 12.8. The van der Waals surface area contributed by atoms with E-state index in [4.69, 9.17) is 4.74 Å². The minimum atomic E-state index is -4.40. The fraction of sp³-hybridized carbons (Fsp3) is 0.308. The summed E-state index contributed by atoms with van der Waals surface area (Å²) in [5.41, 5.74) is 2.26. The van der Waals surface area contributed by atoms with Crippen molar-refractivity contribution in [2.75, 3.05) is 13.1 Å². The van der Waals surface area contributed by atoms with Crippen molar-refractivity contribution in [1.29, 1.82) is 0 Å². The molecule has 1 aliphatic heterocycles. The zero-order valence-corrected chi connectivity index (χ0v) is 20.2. The van der Waals surface area contributed by atoms with E-state index in [1.165, 1.54) is 23.9 Å². The molecular weight excluding hydrogens is 491 g/mol. The average molecular weight is 518 g/mol. The molecule has 0 saturated carbocycles. The average Bonchev–Trinajstić information content (AvgIpc) is 3.10. The molecule has 0 atom stereocenters. The van der Waals surface area contributed by atoms with E-state index in [-0.39, 0.29) is 0 Å². The summed E-state index contributed by atoms with van der Waals surface area (Å²) in [7, 11) is 0. The highest BCUT2D eigenvalue weighted by Crippen LogP contribution is 2.43. The zero-order valence-electron chi connectivity index (χ0n) is 19.4. The van der Waals surface area contributed by atoms with E-state index in [9.17, 15) is 23.2 Å². The SMILES string of the molecule is O=C(NO)C1(SC2=CC=C(Oc3ccc(C(F)(F)F)cc3)C=CC2)CCN(Cc2ccncc2)CC1. The van der Waals surface area contributed by atoms with Crippen LogP contribution in [0.3, 0.4) is 0 Å². The Kier molecular flexibility index (Phi) is 8.17. The molecule has 0 unspecified atom stereocenters. The normalized spacial score (nSPS) is 18.1. The minimum Gasteiger partial charge on any atom is -0.457 e. The quantitative estimate of drug-likeness (QED) is 0.374. The third kappa shape index (κ3) is 6.57.